The summed E-state index contributed by atoms with van der Waals surface area (Å²) in [6.07, 6.45) is 8.21. The maximum absolute atomic E-state index is 14.1. The number of aliphatic hydroxyl groups is 1. The maximum atomic E-state index is 14.1. The molecule has 1 aliphatic carbocycles. The summed E-state index contributed by atoms with van der Waals surface area (Å²) in [5, 5.41) is 20.6. The monoisotopic (exact) mass is 683 g/mol. The molecule has 3 unspecified atom stereocenters. The van der Waals surface area contributed by atoms with Crippen LogP contribution in [-0.4, -0.2) is 95.0 Å². The first-order valence-electron chi connectivity index (χ1n) is 16.9. The van der Waals surface area contributed by atoms with E-state index < -0.39 is 56.2 Å². The lowest BCUT2D eigenvalue weighted by molar-refractivity contribution is -0.133. The third-order valence-corrected chi connectivity index (χ3v) is 12.1. The number of fused-ring (bicyclic) bond motifs is 1. The van der Waals surface area contributed by atoms with Crippen molar-refractivity contribution in [1.29, 1.82) is 0 Å². The molecule has 4 rings (SSSR count). The summed E-state index contributed by atoms with van der Waals surface area (Å²) >= 11 is 0. The Morgan fingerprint density at radius 2 is 1.58 bits per heavy atom. The van der Waals surface area contributed by atoms with Crippen LogP contribution in [0.2, 0.25) is 0 Å². The lowest BCUT2D eigenvalue weighted by Crippen LogP contribution is -2.64. The number of hydrogen-bond donors (Lipinski definition) is 4. The number of rotatable bonds is 12. The molecule has 2 aliphatic rings. The zero-order valence-electron chi connectivity index (χ0n) is 29.1. The van der Waals surface area contributed by atoms with Crippen LogP contribution >= 0.6 is 0 Å². The number of aliphatic hydroxyl groups excluding tert-OH is 1. The van der Waals surface area contributed by atoms with Crippen molar-refractivity contribution in [3.05, 3.63) is 66.0 Å². The van der Waals surface area contributed by atoms with Crippen LogP contribution in [0.25, 0.3) is 0 Å². The average molecular weight is 684 g/mol. The summed E-state index contributed by atoms with van der Waals surface area (Å²) < 4.78 is 24.2. The van der Waals surface area contributed by atoms with E-state index in [4.69, 9.17) is 0 Å². The minimum Gasteiger partial charge on any atom is -0.390 e. The predicted molar refractivity (Wildman–Crippen MR) is 186 cm³/mol. The first kappa shape index (κ1) is 37.5. The summed E-state index contributed by atoms with van der Waals surface area (Å²) in [5.41, 5.74) is 0.657. The minimum atomic E-state index is -3.86. The van der Waals surface area contributed by atoms with Crippen LogP contribution in [0, 0.1) is 11.8 Å². The first-order chi connectivity index (χ1) is 22.5. The highest BCUT2D eigenvalue weighted by Gasteiger charge is 2.46. The van der Waals surface area contributed by atoms with Crippen molar-refractivity contribution < 1.29 is 27.9 Å². The van der Waals surface area contributed by atoms with Crippen molar-refractivity contribution in [2.45, 2.75) is 108 Å². The summed E-state index contributed by atoms with van der Waals surface area (Å²) in [6, 6.07) is 9.57. The zero-order chi connectivity index (χ0) is 35.3. The molecule has 0 spiro atoms. The van der Waals surface area contributed by atoms with Gasteiger partial charge in [0.2, 0.25) is 11.8 Å². The number of carbonyl (C=O) groups excluding carboxylic acids is 3. The van der Waals surface area contributed by atoms with Crippen LogP contribution < -0.4 is 16.0 Å². The van der Waals surface area contributed by atoms with Crippen molar-refractivity contribution in [2.75, 3.05) is 19.3 Å². The number of β-amino-alcohol motifs (C(OH)–C–C–N with tert-alkyl or cyclic N) is 1. The number of hydrogen-bond acceptors (Lipinski definition) is 8. The third-order valence-electron chi connectivity index (χ3n) is 9.95. The summed E-state index contributed by atoms with van der Waals surface area (Å²) in [6.45, 7) is 9.44. The normalized spacial score (nSPS) is 22.4. The van der Waals surface area contributed by atoms with Gasteiger partial charge in [-0.1, -0.05) is 49.6 Å². The molecule has 0 radical (unpaired) electrons. The second-order valence-electron chi connectivity index (χ2n) is 15.1. The Bertz CT molecular complexity index is 1510. The molecule has 48 heavy (non-hydrogen) atoms. The molecule has 3 amide bonds. The molecule has 1 saturated carbocycles. The second kappa shape index (κ2) is 15.5. The maximum Gasteiger partial charge on any atom is 0.252 e. The number of likely N-dealkylation sites (tertiary alicyclic amines) is 1. The van der Waals surface area contributed by atoms with Crippen LogP contribution in [0.15, 0.2) is 54.9 Å². The second-order valence-corrected chi connectivity index (χ2v) is 17.7. The van der Waals surface area contributed by atoms with Gasteiger partial charge in [-0.05, 0) is 83.4 Å². The molecular weight excluding hydrogens is 630 g/mol. The van der Waals surface area contributed by atoms with Gasteiger partial charge in [-0.25, -0.2) is 8.42 Å². The summed E-state index contributed by atoms with van der Waals surface area (Å²) in [7, 11) is -3.86. The van der Waals surface area contributed by atoms with E-state index in [9.17, 15) is 27.9 Å². The molecule has 1 aromatic heterocycles. The molecule has 12 heteroatoms. The highest BCUT2D eigenvalue weighted by Crippen LogP contribution is 2.39. The van der Waals surface area contributed by atoms with Gasteiger partial charge >= 0.3 is 0 Å². The van der Waals surface area contributed by atoms with Crippen molar-refractivity contribution in [2.24, 2.45) is 11.8 Å². The van der Waals surface area contributed by atoms with Gasteiger partial charge in [-0.2, -0.15) is 0 Å². The average Bonchev–Trinajstić information content (AvgIpc) is 3.02. The lowest BCUT2D eigenvalue weighted by atomic mass is 9.72. The number of aromatic nitrogens is 1. The Morgan fingerprint density at radius 1 is 0.958 bits per heavy atom. The Morgan fingerprint density at radius 3 is 2.19 bits per heavy atom. The first-order valence-corrected chi connectivity index (χ1v) is 18.8. The molecule has 1 aromatic carbocycles. The van der Waals surface area contributed by atoms with Crippen molar-refractivity contribution in [3.8, 4) is 0 Å². The molecule has 1 saturated heterocycles. The smallest absolute Gasteiger partial charge is 0.252 e. The molecule has 264 valence electrons. The van der Waals surface area contributed by atoms with E-state index in [1.807, 2.05) is 51.1 Å². The molecule has 11 nitrogen and oxygen atoms in total. The van der Waals surface area contributed by atoms with Gasteiger partial charge in [0.1, 0.15) is 6.04 Å². The Hall–Kier alpha value is -3.35. The summed E-state index contributed by atoms with van der Waals surface area (Å²) in [4.78, 5) is 46.9. The molecule has 0 bridgehead atoms. The SMILES string of the molecule is CC(C)(C)NC(=O)C1C[C@@H]2CCCC[C@@H]2CN1CC(O)C(Cc1ccccc1)NC(=O)[C@@H](NC(=O)c1ccncc1)C(C)(C)S(C)(=O)=O. The van der Waals surface area contributed by atoms with Gasteiger partial charge in [0.25, 0.3) is 5.91 Å². The molecule has 6 atom stereocenters. The fourth-order valence-electron chi connectivity index (χ4n) is 6.90. The van der Waals surface area contributed by atoms with Crippen LogP contribution in [0.5, 0.6) is 0 Å². The Labute approximate surface area is 285 Å². The highest BCUT2D eigenvalue weighted by molar-refractivity contribution is 7.92. The van der Waals surface area contributed by atoms with Crippen LogP contribution in [0.4, 0.5) is 0 Å². The van der Waals surface area contributed by atoms with E-state index >= 15 is 0 Å². The van der Waals surface area contributed by atoms with Gasteiger partial charge in [-0.3, -0.25) is 24.3 Å². The van der Waals surface area contributed by atoms with E-state index in [1.54, 1.807) is 0 Å². The van der Waals surface area contributed by atoms with E-state index in [-0.39, 0.29) is 24.4 Å². The number of amides is 3. The number of sulfone groups is 1. The molecule has 2 heterocycles. The number of benzene rings is 1. The number of piperidine rings is 1. The standard InChI is InChI=1S/C36H53N5O6S/c1-35(2,3)40-33(44)29-21-26-14-10-11-15-27(26)22-41(29)23-30(42)28(20-24-12-8-7-9-13-24)38-34(45)31(36(4,5)48(6,46)47)39-32(43)25-16-18-37-19-17-25/h7-9,12-13,16-19,26-31,42H,10-11,14-15,20-23H2,1-6H3,(H,38,45)(H,39,43)(H,40,44)/t26-,27+,28?,29?,30?,31+/m0/s1. The van der Waals surface area contributed by atoms with Gasteiger partial charge in [0, 0.05) is 42.8 Å². The molecule has 2 aromatic rings. The zero-order valence-corrected chi connectivity index (χ0v) is 29.9. The molecule has 2 fully saturated rings. The molecule has 4 N–H and O–H groups in total. The van der Waals surface area contributed by atoms with E-state index in [0.717, 1.165) is 37.5 Å². The Balaban J connectivity index is 1.63. The van der Waals surface area contributed by atoms with E-state index in [2.05, 4.69) is 25.8 Å². The molecule has 1 aliphatic heterocycles. The van der Waals surface area contributed by atoms with Gasteiger partial charge in [0.05, 0.1) is 22.9 Å². The number of pyridine rings is 1. The van der Waals surface area contributed by atoms with E-state index in [1.165, 1.54) is 38.4 Å². The van der Waals surface area contributed by atoms with Gasteiger partial charge in [-0.15, -0.1) is 0 Å². The largest absolute Gasteiger partial charge is 0.390 e. The molecular formula is C36H53N5O6S. The van der Waals surface area contributed by atoms with Crippen molar-refractivity contribution in [3.63, 3.8) is 0 Å². The van der Waals surface area contributed by atoms with Crippen LogP contribution in [-0.2, 0) is 25.8 Å². The van der Waals surface area contributed by atoms with Gasteiger partial charge < -0.3 is 21.1 Å². The fraction of sp³-hybridized carbons (Fsp3) is 0.611. The minimum absolute atomic E-state index is 0.0730. The number of nitrogens with one attached hydrogen (secondary N) is 3. The predicted octanol–water partition coefficient (Wildman–Crippen LogP) is 2.89. The van der Waals surface area contributed by atoms with Crippen molar-refractivity contribution in [1.82, 2.24) is 25.8 Å². The van der Waals surface area contributed by atoms with Crippen LogP contribution in [0.3, 0.4) is 0 Å². The van der Waals surface area contributed by atoms with E-state index in [0.29, 0.717) is 24.8 Å². The Kier molecular flexibility index (Phi) is 12.1. The summed E-state index contributed by atoms with van der Waals surface area (Å²) in [5.74, 6) is -0.560. The number of nitrogens with zero attached hydrogens (tertiary/aromatic N) is 2. The fourth-order valence-corrected chi connectivity index (χ4v) is 7.49. The number of carbonyl (C=O) groups is 3. The topological polar surface area (TPSA) is 158 Å². The van der Waals surface area contributed by atoms with Gasteiger partial charge in [0.15, 0.2) is 9.84 Å². The van der Waals surface area contributed by atoms with Crippen molar-refractivity contribution >= 4 is 27.6 Å². The lowest BCUT2D eigenvalue weighted by Gasteiger charge is -2.47. The third kappa shape index (κ3) is 9.63. The van der Waals surface area contributed by atoms with Crippen LogP contribution in [0.1, 0.15) is 82.6 Å². The highest BCUT2D eigenvalue weighted by atomic mass is 32.2. The quantitative estimate of drug-likeness (QED) is 0.266.